The number of amides is 1. The van der Waals surface area contributed by atoms with Crippen LogP contribution in [0.3, 0.4) is 0 Å². The van der Waals surface area contributed by atoms with Crippen LogP contribution in [0, 0.1) is 0 Å². The van der Waals surface area contributed by atoms with E-state index in [0.717, 1.165) is 11.1 Å². The number of benzene rings is 1. The maximum absolute atomic E-state index is 10.8. The van der Waals surface area contributed by atoms with Gasteiger partial charge in [0, 0.05) is 0 Å². The summed E-state index contributed by atoms with van der Waals surface area (Å²) >= 11 is 0. The summed E-state index contributed by atoms with van der Waals surface area (Å²) in [5.41, 5.74) is 4.39. The molecule has 1 amide bonds. The predicted molar refractivity (Wildman–Crippen MR) is 56.0 cm³/mol. The smallest absolute Gasteiger partial charge is 0.259 e. The van der Waals surface area contributed by atoms with E-state index in [1.807, 2.05) is 23.6 Å². The molecule has 0 aliphatic carbocycles. The minimum absolute atomic E-state index is 0.0645. The molecule has 1 aromatic heterocycles. The van der Waals surface area contributed by atoms with E-state index in [1.54, 1.807) is 0 Å². The highest BCUT2D eigenvalue weighted by Crippen LogP contribution is 2.14. The fraction of sp³-hybridized carbons (Fsp3) is 0.200. The summed E-state index contributed by atoms with van der Waals surface area (Å²) in [6, 6.07) is 5.52. The largest absolute Gasteiger partial charge is 0.443 e. The summed E-state index contributed by atoms with van der Waals surface area (Å²) in [6.45, 7) is 0.259. The molecule has 6 heteroatoms. The van der Waals surface area contributed by atoms with Crippen LogP contribution < -0.4 is 11.3 Å². The third-order valence-corrected chi connectivity index (χ3v) is 2.06. The number of aromatic nitrogens is 1. The summed E-state index contributed by atoms with van der Waals surface area (Å²) in [6.07, 6.45) is 1.39. The van der Waals surface area contributed by atoms with E-state index in [-0.39, 0.29) is 12.5 Å². The van der Waals surface area contributed by atoms with Gasteiger partial charge in [-0.05, 0) is 17.7 Å². The van der Waals surface area contributed by atoms with Crippen molar-refractivity contribution in [1.82, 2.24) is 10.4 Å². The van der Waals surface area contributed by atoms with Crippen LogP contribution in [0.4, 0.5) is 0 Å². The Bertz CT molecular complexity index is 495. The van der Waals surface area contributed by atoms with Crippen LogP contribution in [0.25, 0.3) is 11.1 Å². The molecule has 0 spiro atoms. The molecular formula is C10H11N3O3. The number of nitrogens with one attached hydrogen (secondary N) is 1. The van der Waals surface area contributed by atoms with Crippen LogP contribution in [-0.4, -0.2) is 17.5 Å². The maximum Gasteiger partial charge on any atom is 0.259 e. The molecule has 2 rings (SSSR count). The number of hydrazine groups is 1. The molecule has 0 atom stereocenters. The molecule has 84 valence electrons. The van der Waals surface area contributed by atoms with Crippen molar-refractivity contribution in [2.24, 2.45) is 5.84 Å². The highest BCUT2D eigenvalue weighted by atomic mass is 16.5. The van der Waals surface area contributed by atoms with Gasteiger partial charge in [-0.3, -0.25) is 10.2 Å². The minimum Gasteiger partial charge on any atom is -0.443 e. The SMILES string of the molecule is NNC(=O)COCc1ccc2ncoc2c1. The summed E-state index contributed by atoms with van der Waals surface area (Å²) < 4.78 is 10.3. The number of ether oxygens (including phenoxy) is 1. The fourth-order valence-electron chi connectivity index (χ4n) is 1.29. The number of carbonyl (C=O) groups excluding carboxylic acids is 1. The predicted octanol–water partition coefficient (Wildman–Crippen LogP) is 0.334. The molecule has 16 heavy (non-hydrogen) atoms. The summed E-state index contributed by atoms with van der Waals surface area (Å²) in [7, 11) is 0. The lowest BCUT2D eigenvalue weighted by Gasteiger charge is -2.02. The molecular weight excluding hydrogens is 210 g/mol. The van der Waals surface area contributed by atoms with Gasteiger partial charge in [0.2, 0.25) is 0 Å². The van der Waals surface area contributed by atoms with Gasteiger partial charge in [-0.2, -0.15) is 0 Å². The Labute approximate surface area is 91.4 Å². The number of rotatable bonds is 4. The molecule has 2 aromatic rings. The normalized spacial score (nSPS) is 10.6. The number of carbonyl (C=O) groups is 1. The Hall–Kier alpha value is -1.92. The quantitative estimate of drug-likeness (QED) is 0.441. The van der Waals surface area contributed by atoms with Crippen molar-refractivity contribution in [3.8, 4) is 0 Å². The number of hydrogen-bond donors (Lipinski definition) is 2. The number of nitrogens with two attached hydrogens (primary N) is 1. The van der Waals surface area contributed by atoms with Crippen LogP contribution >= 0.6 is 0 Å². The standard InChI is InChI=1S/C10H11N3O3/c11-13-10(14)5-15-4-7-1-2-8-9(3-7)16-6-12-8/h1-3,6H,4-5,11H2,(H,13,14). The van der Waals surface area contributed by atoms with Crippen molar-refractivity contribution in [3.63, 3.8) is 0 Å². The number of fused-ring (bicyclic) bond motifs is 1. The Balaban J connectivity index is 1.96. The van der Waals surface area contributed by atoms with Crippen molar-refractivity contribution in [2.75, 3.05) is 6.61 Å². The molecule has 0 aliphatic rings. The average molecular weight is 221 g/mol. The van der Waals surface area contributed by atoms with Crippen molar-refractivity contribution in [2.45, 2.75) is 6.61 Å². The number of hydrogen-bond acceptors (Lipinski definition) is 5. The van der Waals surface area contributed by atoms with Gasteiger partial charge in [0.1, 0.15) is 12.1 Å². The number of nitrogens with zero attached hydrogens (tertiary/aromatic N) is 1. The Kier molecular flexibility index (Phi) is 3.13. The van der Waals surface area contributed by atoms with Gasteiger partial charge in [0.05, 0.1) is 6.61 Å². The van der Waals surface area contributed by atoms with Gasteiger partial charge in [-0.15, -0.1) is 0 Å². The van der Waals surface area contributed by atoms with Crippen LogP contribution in [0.15, 0.2) is 29.0 Å². The van der Waals surface area contributed by atoms with E-state index >= 15 is 0 Å². The molecule has 0 radical (unpaired) electrons. The molecule has 6 nitrogen and oxygen atoms in total. The van der Waals surface area contributed by atoms with E-state index in [9.17, 15) is 4.79 Å². The highest BCUT2D eigenvalue weighted by Gasteiger charge is 2.02. The molecule has 0 unspecified atom stereocenters. The van der Waals surface area contributed by atoms with Crippen molar-refractivity contribution in [3.05, 3.63) is 30.2 Å². The lowest BCUT2D eigenvalue weighted by atomic mass is 10.2. The summed E-state index contributed by atoms with van der Waals surface area (Å²) in [5, 5.41) is 0. The van der Waals surface area contributed by atoms with Gasteiger partial charge in [-0.1, -0.05) is 6.07 Å². The lowest BCUT2D eigenvalue weighted by molar-refractivity contribution is -0.126. The molecule has 0 fully saturated rings. The maximum atomic E-state index is 10.8. The van der Waals surface area contributed by atoms with Crippen LogP contribution in [0.5, 0.6) is 0 Å². The van der Waals surface area contributed by atoms with E-state index in [4.69, 9.17) is 15.0 Å². The fourth-order valence-corrected chi connectivity index (χ4v) is 1.29. The van der Waals surface area contributed by atoms with Gasteiger partial charge < -0.3 is 9.15 Å². The highest BCUT2D eigenvalue weighted by molar-refractivity contribution is 5.76. The van der Waals surface area contributed by atoms with E-state index in [2.05, 4.69) is 4.98 Å². The van der Waals surface area contributed by atoms with Gasteiger partial charge in [0.15, 0.2) is 12.0 Å². The molecule has 0 aliphatic heterocycles. The molecule has 3 N–H and O–H groups in total. The third-order valence-electron chi connectivity index (χ3n) is 2.06. The first kappa shape index (κ1) is 10.6. The lowest BCUT2D eigenvalue weighted by Crippen LogP contribution is -2.33. The van der Waals surface area contributed by atoms with Gasteiger partial charge in [0.25, 0.3) is 5.91 Å². The molecule has 0 saturated heterocycles. The van der Waals surface area contributed by atoms with Crippen molar-refractivity contribution in [1.29, 1.82) is 0 Å². The number of oxazole rings is 1. The van der Waals surface area contributed by atoms with Gasteiger partial charge in [-0.25, -0.2) is 10.8 Å². The monoisotopic (exact) mass is 221 g/mol. The molecule has 1 aromatic carbocycles. The van der Waals surface area contributed by atoms with Crippen LogP contribution in [0.2, 0.25) is 0 Å². The van der Waals surface area contributed by atoms with E-state index < -0.39 is 0 Å². The minimum atomic E-state index is -0.360. The van der Waals surface area contributed by atoms with E-state index in [1.165, 1.54) is 6.39 Å². The van der Waals surface area contributed by atoms with Crippen LogP contribution in [-0.2, 0) is 16.1 Å². The second kappa shape index (κ2) is 4.73. The van der Waals surface area contributed by atoms with E-state index in [0.29, 0.717) is 12.2 Å². The first-order valence-corrected chi connectivity index (χ1v) is 4.69. The zero-order valence-electron chi connectivity index (χ0n) is 8.47. The third kappa shape index (κ3) is 2.36. The second-order valence-electron chi connectivity index (χ2n) is 3.21. The zero-order chi connectivity index (χ0) is 11.4. The average Bonchev–Trinajstić information content (AvgIpc) is 2.76. The van der Waals surface area contributed by atoms with Crippen molar-refractivity contribution >= 4 is 17.0 Å². The zero-order valence-corrected chi connectivity index (χ0v) is 8.47. The summed E-state index contributed by atoms with van der Waals surface area (Å²) in [5.74, 6) is 4.55. The first-order chi connectivity index (χ1) is 7.79. The molecule has 1 heterocycles. The molecule has 0 bridgehead atoms. The topological polar surface area (TPSA) is 90.4 Å². The molecule has 0 saturated carbocycles. The second-order valence-corrected chi connectivity index (χ2v) is 3.21. The Morgan fingerprint density at radius 1 is 1.56 bits per heavy atom. The van der Waals surface area contributed by atoms with Crippen LogP contribution in [0.1, 0.15) is 5.56 Å². The summed E-state index contributed by atoms with van der Waals surface area (Å²) in [4.78, 5) is 14.8. The Morgan fingerprint density at radius 2 is 2.44 bits per heavy atom. The van der Waals surface area contributed by atoms with Gasteiger partial charge >= 0.3 is 0 Å². The van der Waals surface area contributed by atoms with Crippen molar-refractivity contribution < 1.29 is 13.9 Å². The Morgan fingerprint density at radius 3 is 3.25 bits per heavy atom. The first-order valence-electron chi connectivity index (χ1n) is 4.69.